The third kappa shape index (κ3) is 3.04. The monoisotopic (exact) mass is 274 g/mol. The topological polar surface area (TPSA) is 98.6 Å². The van der Waals surface area contributed by atoms with Crippen molar-refractivity contribution in [1.82, 2.24) is 0 Å². The van der Waals surface area contributed by atoms with Crippen LogP contribution in [0.3, 0.4) is 0 Å². The summed E-state index contributed by atoms with van der Waals surface area (Å²) >= 11 is 0. The van der Waals surface area contributed by atoms with E-state index in [0.717, 1.165) is 5.56 Å². The first-order chi connectivity index (χ1) is 9.61. The van der Waals surface area contributed by atoms with Gasteiger partial charge in [0.05, 0.1) is 11.5 Å². The lowest BCUT2D eigenvalue weighted by atomic mass is 10.2. The number of nitrogen functional groups attached to an aromatic ring is 1. The van der Waals surface area contributed by atoms with Crippen molar-refractivity contribution >= 4 is 11.4 Å². The fourth-order valence-corrected chi connectivity index (χ4v) is 1.80. The molecule has 20 heavy (non-hydrogen) atoms. The molecule has 0 heterocycles. The number of nitrogens with two attached hydrogens (primary N) is 1. The van der Waals surface area contributed by atoms with Gasteiger partial charge in [-0.3, -0.25) is 10.1 Å². The molecule has 6 heteroatoms. The Morgan fingerprint density at radius 3 is 2.65 bits per heavy atom. The van der Waals surface area contributed by atoms with Crippen LogP contribution in [-0.2, 0) is 13.2 Å². The van der Waals surface area contributed by atoms with E-state index < -0.39 is 4.92 Å². The van der Waals surface area contributed by atoms with Crippen molar-refractivity contribution in [3.05, 3.63) is 63.7 Å². The maximum absolute atomic E-state index is 10.7. The quantitative estimate of drug-likeness (QED) is 0.495. The minimum Gasteiger partial charge on any atom is -0.489 e. The summed E-state index contributed by atoms with van der Waals surface area (Å²) in [6.07, 6.45) is 0. The molecule has 0 saturated heterocycles. The number of ether oxygens (including phenoxy) is 1. The van der Waals surface area contributed by atoms with Gasteiger partial charge >= 0.3 is 0 Å². The molecule has 0 aliphatic rings. The SMILES string of the molecule is Nc1cc(COc2ccccc2CO)ccc1[N+](=O)[O-]. The second kappa shape index (κ2) is 6.03. The van der Waals surface area contributed by atoms with E-state index in [0.29, 0.717) is 11.3 Å². The lowest BCUT2D eigenvalue weighted by Gasteiger charge is -2.10. The molecule has 0 radical (unpaired) electrons. The Balaban J connectivity index is 2.11. The molecular formula is C14H14N2O4. The number of aliphatic hydroxyl groups excluding tert-OH is 1. The highest BCUT2D eigenvalue weighted by Crippen LogP contribution is 2.24. The average molecular weight is 274 g/mol. The van der Waals surface area contributed by atoms with Crippen LogP contribution in [0.25, 0.3) is 0 Å². The molecule has 6 nitrogen and oxygen atoms in total. The van der Waals surface area contributed by atoms with Gasteiger partial charge in [-0.1, -0.05) is 18.2 Å². The van der Waals surface area contributed by atoms with Crippen LogP contribution in [0, 0.1) is 10.1 Å². The van der Waals surface area contributed by atoms with Gasteiger partial charge in [0.1, 0.15) is 18.0 Å². The lowest BCUT2D eigenvalue weighted by molar-refractivity contribution is -0.383. The molecule has 2 aromatic rings. The first-order valence-corrected chi connectivity index (χ1v) is 5.96. The number of nitro groups is 1. The summed E-state index contributed by atoms with van der Waals surface area (Å²) in [6, 6.07) is 11.6. The summed E-state index contributed by atoms with van der Waals surface area (Å²) in [7, 11) is 0. The predicted molar refractivity (Wildman–Crippen MR) is 74.2 cm³/mol. The van der Waals surface area contributed by atoms with Gasteiger partial charge < -0.3 is 15.6 Å². The minimum absolute atomic E-state index is 0.103. The zero-order valence-electron chi connectivity index (χ0n) is 10.7. The van der Waals surface area contributed by atoms with E-state index in [1.807, 2.05) is 6.07 Å². The molecule has 3 N–H and O–H groups in total. The van der Waals surface area contributed by atoms with Crippen LogP contribution in [0.15, 0.2) is 42.5 Å². The Hall–Kier alpha value is -2.60. The molecule has 0 unspecified atom stereocenters. The number of nitro benzene ring substituents is 1. The summed E-state index contributed by atoms with van der Waals surface area (Å²) in [5.74, 6) is 0.576. The zero-order valence-corrected chi connectivity index (χ0v) is 10.7. The van der Waals surface area contributed by atoms with Gasteiger partial charge in [0.2, 0.25) is 0 Å². The molecule has 0 fully saturated rings. The summed E-state index contributed by atoms with van der Waals surface area (Å²) in [5, 5.41) is 19.8. The van der Waals surface area contributed by atoms with Crippen molar-refractivity contribution < 1.29 is 14.8 Å². The van der Waals surface area contributed by atoms with Crippen molar-refractivity contribution in [2.75, 3.05) is 5.73 Å². The van der Waals surface area contributed by atoms with Crippen molar-refractivity contribution in [3.8, 4) is 5.75 Å². The third-order valence-corrected chi connectivity index (χ3v) is 2.83. The first-order valence-electron chi connectivity index (χ1n) is 5.96. The van der Waals surface area contributed by atoms with Crippen LogP contribution < -0.4 is 10.5 Å². The maximum atomic E-state index is 10.7. The second-order valence-corrected chi connectivity index (χ2v) is 4.20. The van der Waals surface area contributed by atoms with E-state index in [1.54, 1.807) is 24.3 Å². The Bertz CT molecular complexity index is 628. The number of para-hydroxylation sites is 1. The molecule has 0 aliphatic carbocycles. The molecule has 0 amide bonds. The minimum atomic E-state index is -0.527. The number of hydrogen-bond acceptors (Lipinski definition) is 5. The van der Waals surface area contributed by atoms with Gasteiger partial charge in [-0.15, -0.1) is 0 Å². The summed E-state index contributed by atoms with van der Waals surface area (Å²) in [4.78, 5) is 10.1. The average Bonchev–Trinajstić information content (AvgIpc) is 2.45. The number of nitrogens with zero attached hydrogens (tertiary/aromatic N) is 1. The highest BCUT2D eigenvalue weighted by atomic mass is 16.6. The molecule has 0 bridgehead atoms. The van der Waals surface area contributed by atoms with E-state index in [1.165, 1.54) is 12.1 Å². The van der Waals surface area contributed by atoms with Crippen LogP contribution in [0.1, 0.15) is 11.1 Å². The predicted octanol–water partition coefficient (Wildman–Crippen LogP) is 2.25. The summed E-state index contributed by atoms with van der Waals surface area (Å²) in [6.45, 7) is 0.109. The van der Waals surface area contributed by atoms with Crippen LogP contribution in [0.5, 0.6) is 5.75 Å². The number of anilines is 1. The van der Waals surface area contributed by atoms with Gasteiger partial charge in [-0.25, -0.2) is 0 Å². The molecule has 2 aromatic carbocycles. The Labute approximate surface area is 115 Å². The molecule has 0 aromatic heterocycles. The molecule has 2 rings (SSSR count). The van der Waals surface area contributed by atoms with Gasteiger partial charge in [0, 0.05) is 11.6 Å². The number of aliphatic hydroxyl groups is 1. The number of rotatable bonds is 5. The van der Waals surface area contributed by atoms with Crippen LogP contribution in [0.2, 0.25) is 0 Å². The van der Waals surface area contributed by atoms with Crippen molar-refractivity contribution in [2.45, 2.75) is 13.2 Å². The highest BCUT2D eigenvalue weighted by molar-refractivity contribution is 5.59. The van der Waals surface area contributed by atoms with E-state index in [2.05, 4.69) is 0 Å². The van der Waals surface area contributed by atoms with Crippen LogP contribution in [-0.4, -0.2) is 10.0 Å². The van der Waals surface area contributed by atoms with Gasteiger partial charge in [-0.05, 0) is 23.8 Å². The Morgan fingerprint density at radius 1 is 1.25 bits per heavy atom. The Kier molecular flexibility index (Phi) is 4.17. The fourth-order valence-electron chi connectivity index (χ4n) is 1.80. The van der Waals surface area contributed by atoms with Crippen LogP contribution in [0.4, 0.5) is 11.4 Å². The van der Waals surface area contributed by atoms with E-state index in [4.69, 9.17) is 10.5 Å². The zero-order chi connectivity index (χ0) is 14.5. The van der Waals surface area contributed by atoms with Crippen molar-refractivity contribution in [3.63, 3.8) is 0 Å². The number of hydrogen-bond donors (Lipinski definition) is 2. The molecular weight excluding hydrogens is 260 g/mol. The first kappa shape index (κ1) is 13.8. The smallest absolute Gasteiger partial charge is 0.292 e. The van der Waals surface area contributed by atoms with Gasteiger partial charge in [0.25, 0.3) is 5.69 Å². The van der Waals surface area contributed by atoms with E-state index in [-0.39, 0.29) is 24.6 Å². The van der Waals surface area contributed by atoms with Crippen LogP contribution >= 0.6 is 0 Å². The lowest BCUT2D eigenvalue weighted by Crippen LogP contribution is -2.01. The van der Waals surface area contributed by atoms with Crippen molar-refractivity contribution in [1.29, 1.82) is 0 Å². The Morgan fingerprint density at radius 2 is 2.00 bits per heavy atom. The van der Waals surface area contributed by atoms with Gasteiger partial charge in [-0.2, -0.15) is 0 Å². The summed E-state index contributed by atoms with van der Waals surface area (Å²) in [5.41, 5.74) is 7.00. The molecule has 0 aliphatic heterocycles. The van der Waals surface area contributed by atoms with Gasteiger partial charge in [0.15, 0.2) is 0 Å². The third-order valence-electron chi connectivity index (χ3n) is 2.83. The number of benzene rings is 2. The largest absolute Gasteiger partial charge is 0.489 e. The molecule has 0 spiro atoms. The molecule has 104 valence electrons. The van der Waals surface area contributed by atoms with E-state index >= 15 is 0 Å². The highest BCUT2D eigenvalue weighted by Gasteiger charge is 2.11. The normalized spacial score (nSPS) is 10.2. The van der Waals surface area contributed by atoms with Crippen molar-refractivity contribution in [2.24, 2.45) is 0 Å². The molecule has 0 atom stereocenters. The van der Waals surface area contributed by atoms with E-state index in [9.17, 15) is 15.2 Å². The second-order valence-electron chi connectivity index (χ2n) is 4.20. The standard InChI is InChI=1S/C14H14N2O4/c15-12-7-10(5-6-13(12)16(18)19)9-20-14-4-2-1-3-11(14)8-17/h1-7,17H,8-9,15H2. The molecule has 0 saturated carbocycles. The maximum Gasteiger partial charge on any atom is 0.292 e. The summed E-state index contributed by atoms with van der Waals surface area (Å²) < 4.78 is 5.58. The fraction of sp³-hybridized carbons (Fsp3) is 0.143.